The molecule has 1 aliphatic carbocycles. The zero-order valence-corrected chi connectivity index (χ0v) is 11.7. The molecule has 0 aromatic heterocycles. The van der Waals surface area contributed by atoms with Crippen LogP contribution >= 0.6 is 0 Å². The third-order valence-electron chi connectivity index (χ3n) is 3.17. The van der Waals surface area contributed by atoms with Crippen LogP contribution in [0.2, 0.25) is 0 Å². The smallest absolute Gasteiger partial charge is 0.222 e. The minimum absolute atomic E-state index is 0.241. The highest BCUT2D eigenvalue weighted by Gasteiger charge is 2.24. The molecule has 3 rings (SSSR count). The molecule has 5 nitrogen and oxygen atoms in total. The Labute approximate surface area is 120 Å². The minimum atomic E-state index is -1.51. The van der Waals surface area contributed by atoms with Crippen LogP contribution in [-0.4, -0.2) is 17.0 Å². The first-order chi connectivity index (χ1) is 9.74. The summed E-state index contributed by atoms with van der Waals surface area (Å²) in [4.78, 5) is 0. The first-order valence-electron chi connectivity index (χ1n) is 6.37. The number of hydrogen-bond acceptors (Lipinski definition) is 5. The van der Waals surface area contributed by atoms with Gasteiger partial charge < -0.3 is 15.0 Å². The fourth-order valence-corrected chi connectivity index (χ4v) is 2.87. The van der Waals surface area contributed by atoms with Crippen molar-refractivity contribution in [1.29, 1.82) is 0 Å². The molecule has 0 saturated heterocycles. The molecule has 20 heavy (non-hydrogen) atoms. The molecule has 0 radical (unpaired) electrons. The van der Waals surface area contributed by atoms with Crippen molar-refractivity contribution in [3.63, 3.8) is 0 Å². The standard InChI is InChI=1S/C14H15N3O2S/c15-14-13-11(16-20(18)17-14)7-4-8-12(13)19-9-10-5-2-1-3-6-10/h1-2,4-5,7-8,16H,3,6,9H2,(H2,15,17). The molecule has 0 amide bonds. The Morgan fingerprint density at radius 2 is 2.35 bits per heavy atom. The van der Waals surface area contributed by atoms with Crippen LogP contribution in [0, 0.1) is 0 Å². The third-order valence-corrected chi connectivity index (χ3v) is 3.93. The quantitative estimate of drug-likeness (QED) is 0.834. The second-order valence-electron chi connectivity index (χ2n) is 4.59. The Morgan fingerprint density at radius 1 is 1.45 bits per heavy atom. The van der Waals surface area contributed by atoms with Gasteiger partial charge >= 0.3 is 0 Å². The average Bonchev–Trinajstić information content (AvgIpc) is 2.45. The summed E-state index contributed by atoms with van der Waals surface area (Å²) >= 11 is -1.51. The topological polar surface area (TPSA) is 82.7 Å². The summed E-state index contributed by atoms with van der Waals surface area (Å²) in [5.41, 5.74) is 8.47. The molecule has 6 heteroatoms. The molecule has 0 saturated carbocycles. The van der Waals surface area contributed by atoms with Crippen LogP contribution in [-0.2, 0) is 11.5 Å². The van der Waals surface area contributed by atoms with E-state index in [2.05, 4.69) is 21.3 Å². The highest BCUT2D eigenvalue weighted by atomic mass is 32.2. The van der Waals surface area contributed by atoms with Crippen molar-refractivity contribution in [1.82, 2.24) is 0 Å². The van der Waals surface area contributed by atoms with Gasteiger partial charge in [0.25, 0.3) is 0 Å². The van der Waals surface area contributed by atoms with Crippen molar-refractivity contribution in [3.05, 3.63) is 47.6 Å². The van der Waals surface area contributed by atoms with Crippen molar-refractivity contribution in [3.8, 4) is 5.75 Å². The highest BCUT2D eigenvalue weighted by molar-refractivity contribution is 7.91. The fourth-order valence-electron chi connectivity index (χ4n) is 2.20. The number of amidine groups is 1. The molecule has 2 aliphatic rings. The van der Waals surface area contributed by atoms with Gasteiger partial charge in [0.05, 0.1) is 11.3 Å². The molecule has 0 spiro atoms. The maximum absolute atomic E-state index is 11.4. The van der Waals surface area contributed by atoms with Crippen molar-refractivity contribution >= 4 is 23.1 Å². The summed E-state index contributed by atoms with van der Waals surface area (Å²) in [6.45, 7) is 0.525. The van der Waals surface area contributed by atoms with Crippen LogP contribution in [0.4, 0.5) is 5.69 Å². The number of ether oxygens (including phenoxy) is 1. The first-order valence-corrected chi connectivity index (χ1v) is 7.48. The van der Waals surface area contributed by atoms with Crippen LogP contribution in [0.15, 0.2) is 46.4 Å². The van der Waals surface area contributed by atoms with Crippen molar-refractivity contribution < 1.29 is 9.29 Å². The van der Waals surface area contributed by atoms with Crippen LogP contribution < -0.4 is 15.2 Å². The lowest BCUT2D eigenvalue weighted by molar-refractivity contribution is 0.346. The summed E-state index contributed by atoms with van der Waals surface area (Å²) < 4.78 is 23.9. The van der Waals surface area contributed by atoms with Gasteiger partial charge in [0.2, 0.25) is 11.5 Å². The molecular formula is C14H15N3O2S. The number of nitrogens with two attached hydrogens (primary N) is 1. The summed E-state index contributed by atoms with van der Waals surface area (Å²) in [5, 5.41) is 0. The lowest BCUT2D eigenvalue weighted by atomic mass is 10.1. The number of fused-ring (bicyclic) bond motifs is 1. The van der Waals surface area contributed by atoms with E-state index >= 15 is 0 Å². The minimum Gasteiger partial charge on any atom is -0.566 e. The van der Waals surface area contributed by atoms with Gasteiger partial charge in [0.1, 0.15) is 12.4 Å². The van der Waals surface area contributed by atoms with E-state index in [-0.39, 0.29) is 5.84 Å². The lowest BCUT2D eigenvalue weighted by Gasteiger charge is -2.19. The zero-order valence-electron chi connectivity index (χ0n) is 10.8. The first kappa shape index (κ1) is 13.1. The second kappa shape index (κ2) is 5.60. The maximum Gasteiger partial charge on any atom is 0.222 e. The Hall–Kier alpha value is -1.92. The summed E-state index contributed by atoms with van der Waals surface area (Å²) in [6, 6.07) is 5.49. The Kier molecular flexibility index (Phi) is 3.66. The van der Waals surface area contributed by atoms with E-state index in [4.69, 9.17) is 10.5 Å². The monoisotopic (exact) mass is 289 g/mol. The Balaban J connectivity index is 1.82. The summed E-state index contributed by atoms with van der Waals surface area (Å²) in [6.07, 6.45) is 8.31. The summed E-state index contributed by atoms with van der Waals surface area (Å²) in [7, 11) is 0. The highest BCUT2D eigenvalue weighted by Crippen LogP contribution is 2.30. The molecule has 0 fully saturated rings. The van der Waals surface area contributed by atoms with Crippen LogP contribution in [0.25, 0.3) is 0 Å². The third kappa shape index (κ3) is 2.66. The molecule has 3 N–H and O–H groups in total. The fraction of sp³-hybridized carbons (Fsp3) is 0.214. The molecule has 1 heterocycles. The SMILES string of the molecule is NC1=N[S+]([O-])Nc2cccc(OCC3=CC=CCC3)c21. The normalized spacial score (nSPS) is 20.6. The number of rotatable bonds is 3. The lowest BCUT2D eigenvalue weighted by Crippen LogP contribution is -2.27. The van der Waals surface area contributed by atoms with Gasteiger partial charge in [-0.3, -0.25) is 0 Å². The van der Waals surface area contributed by atoms with Gasteiger partial charge in [0.15, 0.2) is 5.84 Å². The van der Waals surface area contributed by atoms with Crippen LogP contribution in [0.1, 0.15) is 18.4 Å². The average molecular weight is 289 g/mol. The van der Waals surface area contributed by atoms with Crippen LogP contribution in [0.5, 0.6) is 5.75 Å². The van der Waals surface area contributed by atoms with Crippen molar-refractivity contribution in [2.75, 3.05) is 11.3 Å². The number of nitrogens with zero attached hydrogens (tertiary/aromatic N) is 1. The van der Waals surface area contributed by atoms with E-state index in [0.717, 1.165) is 12.8 Å². The molecule has 1 unspecified atom stereocenters. The predicted molar refractivity (Wildman–Crippen MR) is 80.9 cm³/mol. The number of anilines is 1. The van der Waals surface area contributed by atoms with E-state index in [1.165, 1.54) is 5.57 Å². The van der Waals surface area contributed by atoms with Gasteiger partial charge in [-0.15, -0.1) is 0 Å². The second-order valence-corrected chi connectivity index (χ2v) is 5.47. The number of benzene rings is 1. The van der Waals surface area contributed by atoms with Gasteiger partial charge in [-0.1, -0.05) is 24.3 Å². The van der Waals surface area contributed by atoms with E-state index < -0.39 is 11.5 Å². The van der Waals surface area contributed by atoms with Crippen molar-refractivity contribution in [2.24, 2.45) is 10.1 Å². The molecular weight excluding hydrogens is 274 g/mol. The van der Waals surface area contributed by atoms with E-state index in [0.29, 0.717) is 23.6 Å². The molecule has 0 bridgehead atoms. The number of allylic oxidation sites excluding steroid dienone is 3. The van der Waals surface area contributed by atoms with E-state index in [1.807, 2.05) is 24.3 Å². The van der Waals surface area contributed by atoms with Gasteiger partial charge in [-0.05, 0) is 34.9 Å². The van der Waals surface area contributed by atoms with Gasteiger partial charge in [0, 0.05) is 0 Å². The Bertz CT molecular complexity index is 610. The largest absolute Gasteiger partial charge is 0.566 e. The molecule has 104 valence electrons. The van der Waals surface area contributed by atoms with Gasteiger partial charge in [-0.25, -0.2) is 0 Å². The summed E-state index contributed by atoms with van der Waals surface area (Å²) in [5.74, 6) is 0.897. The Morgan fingerprint density at radius 3 is 3.15 bits per heavy atom. The van der Waals surface area contributed by atoms with Crippen LogP contribution in [0.3, 0.4) is 0 Å². The number of hydrogen-bond donors (Lipinski definition) is 2. The molecule has 1 aromatic carbocycles. The zero-order chi connectivity index (χ0) is 13.9. The van der Waals surface area contributed by atoms with E-state index in [9.17, 15) is 4.55 Å². The molecule has 1 aliphatic heterocycles. The van der Waals surface area contributed by atoms with Gasteiger partial charge in [-0.2, -0.15) is 4.72 Å². The maximum atomic E-state index is 11.4. The van der Waals surface area contributed by atoms with Crippen molar-refractivity contribution in [2.45, 2.75) is 12.8 Å². The molecule has 1 aromatic rings. The van der Waals surface area contributed by atoms with E-state index in [1.54, 1.807) is 0 Å². The predicted octanol–water partition coefficient (Wildman–Crippen LogP) is 2.05. The number of nitrogens with one attached hydrogen (secondary N) is 1. The molecule has 1 atom stereocenters.